The summed E-state index contributed by atoms with van der Waals surface area (Å²) in [5, 5.41) is 0. The molecule has 0 fully saturated rings. The molecule has 0 saturated carbocycles. The summed E-state index contributed by atoms with van der Waals surface area (Å²) in [7, 11) is -4.19. The van der Waals surface area contributed by atoms with Crippen LogP contribution in [0.1, 0.15) is 10.4 Å². The van der Waals surface area contributed by atoms with Crippen LogP contribution in [0.15, 0.2) is 59.5 Å². The summed E-state index contributed by atoms with van der Waals surface area (Å²) in [5.74, 6) is -0.747. The van der Waals surface area contributed by atoms with E-state index < -0.39 is 22.0 Å². The van der Waals surface area contributed by atoms with Crippen molar-refractivity contribution in [2.45, 2.75) is 4.90 Å². The van der Waals surface area contributed by atoms with Crippen molar-refractivity contribution >= 4 is 27.6 Å². The Labute approximate surface area is 127 Å². The zero-order valence-electron chi connectivity index (χ0n) is 11.3. The van der Waals surface area contributed by atoms with Crippen molar-refractivity contribution in [2.75, 3.05) is 4.31 Å². The van der Waals surface area contributed by atoms with Gasteiger partial charge in [0.1, 0.15) is 0 Å². The van der Waals surface area contributed by atoms with Gasteiger partial charge in [-0.1, -0.05) is 24.3 Å². The number of rotatable bonds is 4. The topological polar surface area (TPSA) is 124 Å². The first kappa shape index (κ1) is 15.5. The minimum atomic E-state index is -4.19. The lowest BCUT2D eigenvalue weighted by Gasteiger charge is -2.20. The molecule has 0 spiro atoms. The van der Waals surface area contributed by atoms with Crippen LogP contribution in [0.25, 0.3) is 0 Å². The van der Waals surface area contributed by atoms with Gasteiger partial charge in [0.15, 0.2) is 0 Å². The molecule has 2 rings (SSSR count). The summed E-state index contributed by atoms with van der Waals surface area (Å²) in [4.78, 5) is 22.8. The zero-order chi connectivity index (χ0) is 16.3. The second-order valence-corrected chi connectivity index (χ2v) is 6.12. The van der Waals surface area contributed by atoms with E-state index in [1.54, 1.807) is 6.07 Å². The molecular weight excluding hydrogens is 306 g/mol. The number of benzene rings is 2. The second kappa shape index (κ2) is 5.86. The maximum Gasteiger partial charge on any atom is 0.333 e. The highest BCUT2D eigenvalue weighted by Crippen LogP contribution is 2.24. The number of hydrogen-bond acceptors (Lipinski definition) is 4. The first-order chi connectivity index (χ1) is 10.3. The summed E-state index contributed by atoms with van der Waals surface area (Å²) in [6.45, 7) is 0. The van der Waals surface area contributed by atoms with Crippen molar-refractivity contribution in [3.05, 3.63) is 60.2 Å². The third kappa shape index (κ3) is 2.91. The van der Waals surface area contributed by atoms with Gasteiger partial charge >= 0.3 is 6.03 Å². The van der Waals surface area contributed by atoms with Crippen molar-refractivity contribution in [2.24, 2.45) is 11.5 Å². The van der Waals surface area contributed by atoms with Gasteiger partial charge in [-0.3, -0.25) is 4.79 Å². The van der Waals surface area contributed by atoms with Crippen LogP contribution in [0.3, 0.4) is 0 Å². The van der Waals surface area contributed by atoms with Crippen LogP contribution in [0.4, 0.5) is 10.5 Å². The van der Waals surface area contributed by atoms with E-state index in [-0.39, 0.29) is 16.1 Å². The molecule has 3 amide bonds. The van der Waals surface area contributed by atoms with E-state index >= 15 is 0 Å². The lowest BCUT2D eigenvalue weighted by molar-refractivity contribution is 0.1000. The van der Waals surface area contributed by atoms with Gasteiger partial charge in [-0.05, 0) is 30.3 Å². The summed E-state index contributed by atoms with van der Waals surface area (Å²) in [6, 6.07) is 11.5. The quantitative estimate of drug-likeness (QED) is 0.874. The number of carbonyl (C=O) groups is 2. The van der Waals surface area contributed by atoms with E-state index in [4.69, 9.17) is 11.5 Å². The molecule has 7 nitrogen and oxygen atoms in total. The predicted molar refractivity (Wildman–Crippen MR) is 80.7 cm³/mol. The molecule has 0 heterocycles. The highest BCUT2D eigenvalue weighted by atomic mass is 32.2. The van der Waals surface area contributed by atoms with Gasteiger partial charge in [0, 0.05) is 5.56 Å². The Kier molecular flexibility index (Phi) is 4.13. The molecule has 0 radical (unpaired) electrons. The number of amides is 3. The SMILES string of the molecule is NC(=O)c1cccc(N(C(N)=O)S(=O)(=O)c2ccccc2)c1. The Hall–Kier alpha value is -2.87. The lowest BCUT2D eigenvalue weighted by atomic mass is 10.2. The number of sulfonamides is 1. The summed E-state index contributed by atoms with van der Waals surface area (Å²) < 4.78 is 25.6. The van der Waals surface area contributed by atoms with Crippen LogP contribution >= 0.6 is 0 Å². The Balaban J connectivity index is 2.59. The monoisotopic (exact) mass is 319 g/mol. The molecule has 0 aromatic heterocycles. The molecule has 22 heavy (non-hydrogen) atoms. The lowest BCUT2D eigenvalue weighted by Crippen LogP contribution is -2.40. The van der Waals surface area contributed by atoms with Crippen LogP contribution in [-0.4, -0.2) is 20.4 Å². The van der Waals surface area contributed by atoms with Crippen molar-refractivity contribution < 1.29 is 18.0 Å². The summed E-state index contributed by atoms with van der Waals surface area (Å²) in [5.41, 5.74) is 10.4. The minimum Gasteiger partial charge on any atom is -0.366 e. The fraction of sp³-hybridized carbons (Fsp3) is 0. The van der Waals surface area contributed by atoms with E-state index in [9.17, 15) is 18.0 Å². The molecule has 2 aromatic rings. The van der Waals surface area contributed by atoms with Crippen LogP contribution in [0.5, 0.6) is 0 Å². The van der Waals surface area contributed by atoms with Crippen molar-refractivity contribution in [3.63, 3.8) is 0 Å². The van der Waals surface area contributed by atoms with Crippen molar-refractivity contribution in [1.29, 1.82) is 0 Å². The predicted octanol–water partition coefficient (Wildman–Crippen LogP) is 1.06. The van der Waals surface area contributed by atoms with Crippen LogP contribution in [-0.2, 0) is 10.0 Å². The highest BCUT2D eigenvalue weighted by Gasteiger charge is 2.29. The van der Waals surface area contributed by atoms with Crippen molar-refractivity contribution in [1.82, 2.24) is 0 Å². The van der Waals surface area contributed by atoms with Crippen LogP contribution in [0.2, 0.25) is 0 Å². The van der Waals surface area contributed by atoms with Crippen molar-refractivity contribution in [3.8, 4) is 0 Å². The van der Waals surface area contributed by atoms with E-state index in [1.807, 2.05) is 0 Å². The Morgan fingerprint density at radius 3 is 2.09 bits per heavy atom. The molecule has 0 aliphatic heterocycles. The first-order valence-electron chi connectivity index (χ1n) is 6.13. The number of nitrogens with two attached hydrogens (primary N) is 2. The van der Waals surface area contributed by atoms with E-state index in [0.29, 0.717) is 4.31 Å². The number of hydrogen-bond donors (Lipinski definition) is 2. The molecule has 0 bridgehead atoms. The summed E-state index contributed by atoms with van der Waals surface area (Å²) >= 11 is 0. The average Bonchev–Trinajstić information content (AvgIpc) is 2.48. The largest absolute Gasteiger partial charge is 0.366 e. The maximum absolute atomic E-state index is 12.6. The smallest absolute Gasteiger partial charge is 0.333 e. The molecule has 0 unspecified atom stereocenters. The number of anilines is 1. The zero-order valence-corrected chi connectivity index (χ0v) is 12.2. The van der Waals surface area contributed by atoms with Gasteiger partial charge in [0.05, 0.1) is 10.6 Å². The molecule has 114 valence electrons. The fourth-order valence-electron chi connectivity index (χ4n) is 1.87. The van der Waals surface area contributed by atoms with E-state index in [2.05, 4.69) is 0 Å². The second-order valence-electron chi connectivity index (χ2n) is 4.34. The number of nitrogens with zero attached hydrogens (tertiary/aromatic N) is 1. The van der Waals surface area contributed by atoms with Gasteiger partial charge in [0.2, 0.25) is 5.91 Å². The molecule has 0 atom stereocenters. The van der Waals surface area contributed by atoms with Gasteiger partial charge in [-0.2, -0.15) is 4.31 Å². The molecule has 0 saturated heterocycles. The molecule has 8 heteroatoms. The minimum absolute atomic E-state index is 0.0620. The molecule has 4 N–H and O–H groups in total. The average molecular weight is 319 g/mol. The van der Waals surface area contributed by atoms with E-state index in [0.717, 1.165) is 0 Å². The highest BCUT2D eigenvalue weighted by molar-refractivity contribution is 7.93. The van der Waals surface area contributed by atoms with Gasteiger partial charge in [-0.15, -0.1) is 0 Å². The molecule has 2 aromatic carbocycles. The van der Waals surface area contributed by atoms with Crippen LogP contribution in [0, 0.1) is 0 Å². The fourth-order valence-corrected chi connectivity index (χ4v) is 3.21. The Morgan fingerprint density at radius 1 is 0.909 bits per heavy atom. The van der Waals surface area contributed by atoms with Gasteiger partial charge < -0.3 is 11.5 Å². The third-order valence-electron chi connectivity index (χ3n) is 2.85. The van der Waals surface area contributed by atoms with Gasteiger partial charge in [-0.25, -0.2) is 13.2 Å². The maximum atomic E-state index is 12.6. The Bertz CT molecular complexity index is 819. The number of carbonyl (C=O) groups excluding carboxylic acids is 2. The van der Waals surface area contributed by atoms with E-state index in [1.165, 1.54) is 48.5 Å². The normalized spacial score (nSPS) is 10.9. The molecular formula is C14H13N3O4S. The first-order valence-corrected chi connectivity index (χ1v) is 7.57. The summed E-state index contributed by atoms with van der Waals surface area (Å²) in [6.07, 6.45) is 0. The Morgan fingerprint density at radius 2 is 1.55 bits per heavy atom. The van der Waals surface area contributed by atoms with Crippen LogP contribution < -0.4 is 15.8 Å². The molecule has 0 aliphatic carbocycles. The number of urea groups is 1. The number of primary amides is 2. The van der Waals surface area contributed by atoms with Gasteiger partial charge in [0.25, 0.3) is 10.0 Å². The third-order valence-corrected chi connectivity index (χ3v) is 4.59. The molecule has 0 aliphatic rings. The standard InChI is InChI=1S/C14H13N3O4S/c15-13(18)10-5-4-6-11(9-10)17(14(16)19)22(20,21)12-7-2-1-3-8-12/h1-9H,(H2,15,18)(H2,16,19).